The van der Waals surface area contributed by atoms with Gasteiger partial charge in [-0.1, -0.05) is 6.92 Å². The van der Waals surface area contributed by atoms with Crippen LogP contribution in [0, 0.1) is 0 Å². The van der Waals surface area contributed by atoms with Gasteiger partial charge in [0, 0.05) is 5.69 Å². The predicted octanol–water partition coefficient (Wildman–Crippen LogP) is 1.87. The van der Waals surface area contributed by atoms with Crippen LogP contribution in [-0.2, 0) is 11.2 Å². The molecule has 0 aromatic carbocycles. The van der Waals surface area contributed by atoms with E-state index in [1.807, 2.05) is 13.2 Å². The van der Waals surface area contributed by atoms with Gasteiger partial charge in [0.2, 0.25) is 5.82 Å². The molecule has 0 aliphatic rings. The summed E-state index contributed by atoms with van der Waals surface area (Å²) in [6, 6.07) is 0. The molecule has 1 heterocycles. The first-order chi connectivity index (χ1) is 6.72. The molecule has 0 radical (unpaired) electrons. The van der Waals surface area contributed by atoms with E-state index in [1.54, 1.807) is 6.92 Å². The maximum absolute atomic E-state index is 11.3. The fraction of sp³-hybridized carbons (Fsp3) is 0.556. The highest BCUT2D eigenvalue weighted by Gasteiger charge is 2.14. The lowest BCUT2D eigenvalue weighted by Gasteiger charge is -1.95. The van der Waals surface area contributed by atoms with E-state index >= 15 is 0 Å². The molecule has 4 nitrogen and oxygen atoms in total. The molecule has 0 unspecified atom stereocenters. The van der Waals surface area contributed by atoms with Gasteiger partial charge in [0.05, 0.1) is 6.61 Å². The van der Waals surface area contributed by atoms with Crippen molar-refractivity contribution in [3.63, 3.8) is 0 Å². The van der Waals surface area contributed by atoms with E-state index in [1.165, 1.54) is 11.8 Å². The second-order valence-electron chi connectivity index (χ2n) is 2.65. The second-order valence-corrected chi connectivity index (χ2v) is 3.44. The van der Waals surface area contributed by atoms with Crippen molar-refractivity contribution in [1.29, 1.82) is 0 Å². The Morgan fingerprint density at radius 3 is 2.71 bits per heavy atom. The van der Waals surface area contributed by atoms with Crippen LogP contribution in [0.5, 0.6) is 0 Å². The number of ether oxygens (including phenoxy) is 1. The van der Waals surface area contributed by atoms with Crippen LogP contribution in [-0.4, -0.2) is 28.8 Å². The van der Waals surface area contributed by atoms with Crippen molar-refractivity contribution in [3.05, 3.63) is 11.5 Å². The Bertz CT molecular complexity index is 301. The van der Waals surface area contributed by atoms with Gasteiger partial charge in [-0.15, -0.1) is 11.8 Å². The Kier molecular flexibility index (Phi) is 4.00. The molecule has 5 heteroatoms. The maximum Gasteiger partial charge on any atom is 0.374 e. The van der Waals surface area contributed by atoms with E-state index in [-0.39, 0.29) is 5.97 Å². The van der Waals surface area contributed by atoms with Crippen LogP contribution in [0.1, 0.15) is 30.2 Å². The number of thioether (sulfide) groups is 1. The zero-order chi connectivity index (χ0) is 10.6. The molecule has 1 aromatic heterocycles. The Hall–Kier alpha value is -0.970. The van der Waals surface area contributed by atoms with Gasteiger partial charge >= 0.3 is 5.97 Å². The van der Waals surface area contributed by atoms with E-state index in [9.17, 15) is 4.79 Å². The molecule has 0 amide bonds. The summed E-state index contributed by atoms with van der Waals surface area (Å²) < 4.78 is 4.84. The van der Waals surface area contributed by atoms with Crippen molar-refractivity contribution >= 4 is 17.7 Å². The molecule has 0 spiro atoms. The fourth-order valence-electron chi connectivity index (χ4n) is 1.10. The highest BCUT2D eigenvalue weighted by atomic mass is 32.2. The largest absolute Gasteiger partial charge is 0.460 e. The van der Waals surface area contributed by atoms with Gasteiger partial charge in [-0.25, -0.2) is 9.78 Å². The summed E-state index contributed by atoms with van der Waals surface area (Å²) in [7, 11) is 0. The van der Waals surface area contributed by atoms with Gasteiger partial charge in [0.15, 0.2) is 0 Å². The first kappa shape index (κ1) is 11.1. The van der Waals surface area contributed by atoms with Gasteiger partial charge < -0.3 is 9.72 Å². The highest BCUT2D eigenvalue weighted by molar-refractivity contribution is 7.98. The van der Waals surface area contributed by atoms with Gasteiger partial charge in [0.25, 0.3) is 0 Å². The van der Waals surface area contributed by atoms with Crippen molar-refractivity contribution in [2.45, 2.75) is 25.3 Å². The number of aromatic nitrogens is 2. The molecule has 0 atom stereocenters. The van der Waals surface area contributed by atoms with E-state index in [4.69, 9.17) is 4.74 Å². The summed E-state index contributed by atoms with van der Waals surface area (Å²) in [6.07, 6.45) is 2.77. The average molecular weight is 214 g/mol. The van der Waals surface area contributed by atoms with Crippen LogP contribution in [0.15, 0.2) is 5.03 Å². The van der Waals surface area contributed by atoms with E-state index in [2.05, 4.69) is 9.97 Å². The standard InChI is InChI=1S/C9H14N2O2S/c1-4-6-8(14-3)11-7(10-6)9(12)13-5-2/h4-5H2,1-3H3,(H,10,11). The zero-order valence-electron chi connectivity index (χ0n) is 8.59. The van der Waals surface area contributed by atoms with Crippen molar-refractivity contribution in [3.8, 4) is 0 Å². The number of nitrogens with zero attached hydrogens (tertiary/aromatic N) is 1. The molecule has 0 saturated heterocycles. The zero-order valence-corrected chi connectivity index (χ0v) is 9.40. The van der Waals surface area contributed by atoms with Crippen LogP contribution < -0.4 is 0 Å². The third-order valence-corrected chi connectivity index (χ3v) is 2.48. The summed E-state index contributed by atoms with van der Waals surface area (Å²) >= 11 is 1.53. The minimum absolute atomic E-state index is 0.299. The number of rotatable bonds is 4. The number of aryl methyl sites for hydroxylation is 1. The quantitative estimate of drug-likeness (QED) is 0.614. The summed E-state index contributed by atoms with van der Waals surface area (Å²) in [5.41, 5.74) is 0.987. The summed E-state index contributed by atoms with van der Waals surface area (Å²) in [6.45, 7) is 4.16. The van der Waals surface area contributed by atoms with Gasteiger partial charge in [0.1, 0.15) is 5.03 Å². The molecule has 0 aliphatic heterocycles. The van der Waals surface area contributed by atoms with Crippen LogP contribution in [0.3, 0.4) is 0 Å². The number of hydrogen-bond donors (Lipinski definition) is 1. The number of nitrogens with one attached hydrogen (secondary N) is 1. The normalized spacial score (nSPS) is 10.2. The fourth-order valence-corrected chi connectivity index (χ4v) is 1.72. The first-order valence-corrected chi connectivity index (χ1v) is 5.75. The first-order valence-electron chi connectivity index (χ1n) is 4.52. The number of esters is 1. The van der Waals surface area contributed by atoms with Crippen molar-refractivity contribution in [2.75, 3.05) is 12.9 Å². The Morgan fingerprint density at radius 1 is 1.57 bits per heavy atom. The SMILES string of the molecule is CCOC(=O)c1nc(SC)c(CC)[nH]1. The Balaban J connectivity index is 2.88. The molecule has 0 aliphatic carbocycles. The number of imidazole rings is 1. The number of aromatic amines is 1. The highest BCUT2D eigenvalue weighted by Crippen LogP contribution is 2.18. The van der Waals surface area contributed by atoms with Crippen molar-refractivity contribution in [1.82, 2.24) is 9.97 Å². The van der Waals surface area contributed by atoms with Crippen LogP contribution in [0.2, 0.25) is 0 Å². The molecule has 78 valence electrons. The summed E-state index contributed by atoms with van der Waals surface area (Å²) in [5.74, 6) is -0.0875. The van der Waals surface area contributed by atoms with Crippen molar-refractivity contribution < 1.29 is 9.53 Å². The monoisotopic (exact) mass is 214 g/mol. The molecule has 0 fully saturated rings. The number of hydrogen-bond acceptors (Lipinski definition) is 4. The molecular weight excluding hydrogens is 200 g/mol. The van der Waals surface area contributed by atoms with Crippen LogP contribution in [0.25, 0.3) is 0 Å². The molecule has 0 saturated carbocycles. The van der Waals surface area contributed by atoms with E-state index in [0.717, 1.165) is 17.1 Å². The van der Waals surface area contributed by atoms with Crippen LogP contribution in [0.4, 0.5) is 0 Å². The maximum atomic E-state index is 11.3. The molecule has 1 rings (SSSR count). The second kappa shape index (κ2) is 5.05. The van der Waals surface area contributed by atoms with Crippen LogP contribution >= 0.6 is 11.8 Å². The summed E-state index contributed by atoms with van der Waals surface area (Å²) in [5, 5.41) is 0.871. The third-order valence-electron chi connectivity index (χ3n) is 1.76. The third kappa shape index (κ3) is 2.29. The van der Waals surface area contributed by atoms with Gasteiger partial charge in [-0.3, -0.25) is 0 Å². The lowest BCUT2D eigenvalue weighted by molar-refractivity contribution is 0.0512. The molecule has 14 heavy (non-hydrogen) atoms. The number of H-pyrrole nitrogens is 1. The average Bonchev–Trinajstić information content (AvgIpc) is 2.61. The van der Waals surface area contributed by atoms with E-state index < -0.39 is 0 Å². The summed E-state index contributed by atoms with van der Waals surface area (Å²) in [4.78, 5) is 18.4. The molecule has 0 bridgehead atoms. The topological polar surface area (TPSA) is 55.0 Å². The van der Waals surface area contributed by atoms with Crippen molar-refractivity contribution in [2.24, 2.45) is 0 Å². The smallest absolute Gasteiger partial charge is 0.374 e. The lowest BCUT2D eigenvalue weighted by Crippen LogP contribution is -2.06. The van der Waals surface area contributed by atoms with Gasteiger partial charge in [-0.05, 0) is 19.6 Å². The molecular formula is C9H14N2O2S. The Morgan fingerprint density at radius 2 is 2.29 bits per heavy atom. The number of carbonyl (C=O) groups excluding carboxylic acids is 1. The minimum Gasteiger partial charge on any atom is -0.460 e. The van der Waals surface area contributed by atoms with E-state index in [0.29, 0.717) is 12.4 Å². The lowest BCUT2D eigenvalue weighted by atomic mass is 10.4. The van der Waals surface area contributed by atoms with Gasteiger partial charge in [-0.2, -0.15) is 0 Å². The molecule has 1 aromatic rings. The minimum atomic E-state index is -0.387. The Labute approximate surface area is 87.4 Å². The predicted molar refractivity (Wildman–Crippen MR) is 55.7 cm³/mol. The molecule has 1 N–H and O–H groups in total. The number of carbonyl (C=O) groups is 1.